The summed E-state index contributed by atoms with van der Waals surface area (Å²) in [5, 5.41) is 6.36. The number of hydrogen-bond acceptors (Lipinski definition) is 6. The molecule has 1 N–H and O–H groups in total. The van der Waals surface area contributed by atoms with Crippen molar-refractivity contribution >= 4 is 51.4 Å². The van der Waals surface area contributed by atoms with Crippen molar-refractivity contribution in [3.05, 3.63) is 71.9 Å². The molecule has 2 aromatic heterocycles. The molecule has 0 amide bonds. The molecule has 0 bridgehead atoms. The number of fused-ring (bicyclic) bond motifs is 1. The van der Waals surface area contributed by atoms with Crippen LogP contribution in [0, 0.1) is 0 Å². The van der Waals surface area contributed by atoms with Crippen LogP contribution in [0.3, 0.4) is 0 Å². The zero-order valence-corrected chi connectivity index (χ0v) is 16.0. The molecule has 4 aromatic rings. The van der Waals surface area contributed by atoms with Crippen molar-refractivity contribution in [3.63, 3.8) is 0 Å². The first-order valence-corrected chi connectivity index (χ1v) is 8.87. The Balaban J connectivity index is 0.00000210. The summed E-state index contributed by atoms with van der Waals surface area (Å²) >= 11 is 1.58. The fourth-order valence-corrected chi connectivity index (χ4v) is 3.69. The summed E-state index contributed by atoms with van der Waals surface area (Å²) in [5.41, 5.74) is 3.44. The van der Waals surface area contributed by atoms with Crippen LogP contribution in [0.2, 0.25) is 0 Å². The fourth-order valence-electron chi connectivity index (χ4n) is 2.78. The van der Waals surface area contributed by atoms with Gasteiger partial charge in [-0.3, -0.25) is 0 Å². The molecule has 27 heavy (non-hydrogen) atoms. The van der Waals surface area contributed by atoms with Gasteiger partial charge in [0.2, 0.25) is 0 Å². The van der Waals surface area contributed by atoms with Gasteiger partial charge >= 0.3 is 5.97 Å². The van der Waals surface area contributed by atoms with Crippen LogP contribution in [0.1, 0.15) is 10.4 Å². The summed E-state index contributed by atoms with van der Waals surface area (Å²) in [4.78, 5) is 21.5. The molecule has 4 rings (SSSR count). The zero-order chi connectivity index (χ0) is 17.9. The Morgan fingerprint density at radius 2 is 1.89 bits per heavy atom. The average molecular weight is 398 g/mol. The van der Waals surface area contributed by atoms with Gasteiger partial charge < -0.3 is 10.1 Å². The molecule has 0 saturated carbocycles. The number of aromatic nitrogens is 2. The van der Waals surface area contributed by atoms with E-state index in [-0.39, 0.29) is 18.4 Å². The van der Waals surface area contributed by atoms with Crippen LogP contribution in [0.4, 0.5) is 11.5 Å². The van der Waals surface area contributed by atoms with E-state index in [1.807, 2.05) is 24.3 Å². The van der Waals surface area contributed by atoms with Crippen LogP contribution in [0.25, 0.3) is 21.3 Å². The summed E-state index contributed by atoms with van der Waals surface area (Å²) in [5.74, 6) is 0.333. The number of benzene rings is 2. The second-order valence-electron chi connectivity index (χ2n) is 5.62. The number of ether oxygens (including phenoxy) is 1. The van der Waals surface area contributed by atoms with Crippen molar-refractivity contribution in [2.75, 3.05) is 12.4 Å². The highest BCUT2D eigenvalue weighted by Gasteiger charge is 2.14. The largest absolute Gasteiger partial charge is 0.465 e. The molecule has 7 heteroatoms. The van der Waals surface area contributed by atoms with E-state index in [4.69, 9.17) is 4.74 Å². The van der Waals surface area contributed by atoms with E-state index in [0.717, 1.165) is 27.0 Å². The summed E-state index contributed by atoms with van der Waals surface area (Å²) in [6.45, 7) is 0. The van der Waals surface area contributed by atoms with Crippen molar-refractivity contribution in [2.24, 2.45) is 0 Å². The molecule has 0 aliphatic heterocycles. The van der Waals surface area contributed by atoms with Crippen LogP contribution in [0.5, 0.6) is 0 Å². The van der Waals surface area contributed by atoms with Gasteiger partial charge in [-0.25, -0.2) is 14.8 Å². The summed E-state index contributed by atoms with van der Waals surface area (Å²) in [6.07, 6.45) is 1.54. The maximum Gasteiger partial charge on any atom is 0.337 e. The summed E-state index contributed by atoms with van der Waals surface area (Å²) in [7, 11) is 1.37. The number of methoxy groups -OCH3 is 1. The number of anilines is 2. The highest BCUT2D eigenvalue weighted by molar-refractivity contribution is 7.17. The zero-order valence-electron chi connectivity index (χ0n) is 14.4. The molecule has 0 aliphatic carbocycles. The van der Waals surface area contributed by atoms with Crippen LogP contribution in [-0.4, -0.2) is 23.0 Å². The van der Waals surface area contributed by atoms with Crippen LogP contribution in [0.15, 0.2) is 66.3 Å². The van der Waals surface area contributed by atoms with E-state index < -0.39 is 0 Å². The van der Waals surface area contributed by atoms with Gasteiger partial charge in [-0.05, 0) is 23.8 Å². The fraction of sp³-hybridized carbons (Fsp3) is 0.0500. The molecular formula is C20H16ClN3O2S. The Labute approximate surface area is 166 Å². The lowest BCUT2D eigenvalue weighted by atomic mass is 10.1. The van der Waals surface area contributed by atoms with E-state index in [1.54, 1.807) is 35.9 Å². The maximum atomic E-state index is 11.8. The molecule has 0 spiro atoms. The normalized spacial score (nSPS) is 10.3. The van der Waals surface area contributed by atoms with Crippen molar-refractivity contribution in [2.45, 2.75) is 0 Å². The third-order valence-electron chi connectivity index (χ3n) is 4.00. The lowest BCUT2D eigenvalue weighted by molar-refractivity contribution is 0.0601. The smallest absolute Gasteiger partial charge is 0.337 e. The summed E-state index contributed by atoms with van der Waals surface area (Å²) in [6, 6.07) is 17.3. The number of carbonyl (C=O) groups excluding carboxylic acids is 1. The second-order valence-corrected chi connectivity index (χ2v) is 6.47. The molecule has 0 radical (unpaired) electrons. The molecule has 136 valence electrons. The first kappa shape index (κ1) is 18.8. The third-order valence-corrected chi connectivity index (χ3v) is 4.89. The number of esters is 1. The van der Waals surface area contributed by atoms with Gasteiger partial charge in [-0.1, -0.05) is 36.4 Å². The SMILES string of the molecule is COC(=O)c1cccc(Nc2ncnc3scc(-c4ccccc4)c23)c1.Cl. The first-order valence-electron chi connectivity index (χ1n) is 7.99. The predicted molar refractivity (Wildman–Crippen MR) is 111 cm³/mol. The average Bonchev–Trinajstić information content (AvgIpc) is 3.13. The first-order chi connectivity index (χ1) is 12.8. The minimum atomic E-state index is -0.373. The number of nitrogens with zero attached hydrogens (tertiary/aromatic N) is 2. The van der Waals surface area contributed by atoms with Crippen LogP contribution >= 0.6 is 23.7 Å². The summed E-state index contributed by atoms with van der Waals surface area (Å²) < 4.78 is 4.79. The molecular weight excluding hydrogens is 382 g/mol. The maximum absolute atomic E-state index is 11.8. The minimum absolute atomic E-state index is 0. The number of nitrogens with one attached hydrogen (secondary N) is 1. The Bertz CT molecular complexity index is 1080. The van der Waals surface area contributed by atoms with E-state index in [0.29, 0.717) is 11.4 Å². The van der Waals surface area contributed by atoms with Crippen molar-refractivity contribution in [1.29, 1.82) is 0 Å². The standard InChI is InChI=1S/C20H15N3O2S.ClH/c1-25-20(24)14-8-5-9-15(10-14)23-18-17-16(13-6-3-2-4-7-13)11-26-19(17)22-12-21-18;/h2-12H,1H3,(H,21,22,23);1H. The number of carbonyl (C=O) groups is 1. The highest BCUT2D eigenvalue weighted by Crippen LogP contribution is 2.37. The van der Waals surface area contributed by atoms with Crippen molar-refractivity contribution < 1.29 is 9.53 Å². The van der Waals surface area contributed by atoms with Gasteiger partial charge in [0.25, 0.3) is 0 Å². The molecule has 0 unspecified atom stereocenters. The minimum Gasteiger partial charge on any atom is -0.465 e. The Morgan fingerprint density at radius 3 is 2.67 bits per heavy atom. The highest BCUT2D eigenvalue weighted by atomic mass is 35.5. The lowest BCUT2D eigenvalue weighted by Gasteiger charge is -2.09. The van der Waals surface area contributed by atoms with Gasteiger partial charge in [-0.2, -0.15) is 0 Å². The molecule has 0 fully saturated rings. The van der Waals surface area contributed by atoms with Gasteiger partial charge in [0.05, 0.1) is 18.1 Å². The second kappa shape index (κ2) is 8.16. The quantitative estimate of drug-likeness (QED) is 0.473. The number of hydrogen-bond donors (Lipinski definition) is 1. The van der Waals surface area contributed by atoms with E-state index in [9.17, 15) is 4.79 Å². The topological polar surface area (TPSA) is 64.1 Å². The number of halogens is 1. The number of thiophene rings is 1. The molecule has 5 nitrogen and oxygen atoms in total. The van der Waals surface area contributed by atoms with E-state index in [1.165, 1.54) is 7.11 Å². The van der Waals surface area contributed by atoms with Gasteiger partial charge in [0.1, 0.15) is 17.0 Å². The van der Waals surface area contributed by atoms with Gasteiger partial charge in [0.15, 0.2) is 0 Å². The number of rotatable bonds is 4. The van der Waals surface area contributed by atoms with Crippen LogP contribution in [-0.2, 0) is 4.74 Å². The Hall–Kier alpha value is -2.96. The third kappa shape index (κ3) is 3.77. The van der Waals surface area contributed by atoms with E-state index in [2.05, 4.69) is 32.8 Å². The molecule has 2 aromatic carbocycles. The van der Waals surface area contributed by atoms with Crippen molar-refractivity contribution in [3.8, 4) is 11.1 Å². The van der Waals surface area contributed by atoms with Crippen molar-refractivity contribution in [1.82, 2.24) is 9.97 Å². The van der Waals surface area contributed by atoms with Gasteiger partial charge in [0, 0.05) is 16.6 Å². The molecule has 2 heterocycles. The Kier molecular flexibility index (Phi) is 5.69. The molecule has 0 saturated heterocycles. The lowest BCUT2D eigenvalue weighted by Crippen LogP contribution is -2.02. The molecule has 0 aliphatic rings. The monoisotopic (exact) mass is 397 g/mol. The van der Waals surface area contributed by atoms with E-state index >= 15 is 0 Å². The predicted octanol–water partition coefficient (Wildman–Crippen LogP) is 5.31. The van der Waals surface area contributed by atoms with Gasteiger partial charge in [-0.15, -0.1) is 23.7 Å². The van der Waals surface area contributed by atoms with Crippen LogP contribution < -0.4 is 5.32 Å². The Morgan fingerprint density at radius 1 is 1.07 bits per heavy atom. The molecule has 0 atom stereocenters.